The Morgan fingerprint density at radius 3 is 2.58 bits per heavy atom. The van der Waals surface area contributed by atoms with Gasteiger partial charge in [-0.3, -0.25) is 19.1 Å². The van der Waals surface area contributed by atoms with Crippen molar-refractivity contribution in [3.63, 3.8) is 0 Å². The van der Waals surface area contributed by atoms with Gasteiger partial charge < -0.3 is 5.32 Å². The molecular formula is C25H22N4O2. The number of fused-ring (bicyclic) bond motifs is 3. The van der Waals surface area contributed by atoms with Crippen molar-refractivity contribution in [1.29, 1.82) is 0 Å². The molecule has 1 aromatic heterocycles. The summed E-state index contributed by atoms with van der Waals surface area (Å²) in [5.74, 6) is 0.272. The van der Waals surface area contributed by atoms with Crippen LogP contribution in [0.5, 0.6) is 0 Å². The zero-order valence-corrected chi connectivity index (χ0v) is 17.2. The Bertz CT molecular complexity index is 1280. The van der Waals surface area contributed by atoms with Crippen molar-refractivity contribution in [3.05, 3.63) is 90.0 Å². The molecule has 0 radical (unpaired) electrons. The predicted molar refractivity (Wildman–Crippen MR) is 121 cm³/mol. The molecule has 6 heteroatoms. The molecular weight excluding hydrogens is 388 g/mol. The number of hydrogen-bond donors (Lipinski definition) is 1. The third-order valence-corrected chi connectivity index (χ3v) is 5.54. The maximum atomic E-state index is 13.4. The number of anilines is 2. The van der Waals surface area contributed by atoms with E-state index in [0.29, 0.717) is 18.2 Å². The van der Waals surface area contributed by atoms with Gasteiger partial charge in [0.05, 0.1) is 24.0 Å². The van der Waals surface area contributed by atoms with E-state index in [1.165, 1.54) is 0 Å². The second-order valence-electron chi connectivity index (χ2n) is 7.82. The first kappa shape index (κ1) is 19.1. The van der Waals surface area contributed by atoms with Crippen LogP contribution in [0.15, 0.2) is 78.9 Å². The maximum Gasteiger partial charge on any atom is 0.253 e. The summed E-state index contributed by atoms with van der Waals surface area (Å²) < 4.78 is 1.90. The Labute approximate surface area is 180 Å². The van der Waals surface area contributed by atoms with E-state index < -0.39 is 6.04 Å². The van der Waals surface area contributed by atoms with Crippen molar-refractivity contribution in [2.24, 2.45) is 0 Å². The van der Waals surface area contributed by atoms with Crippen molar-refractivity contribution < 1.29 is 9.59 Å². The summed E-state index contributed by atoms with van der Waals surface area (Å²) in [5.41, 5.74) is 4.55. The standard InChI is InChI=1S/C25H22N4O2/c1-17-8-7-9-18(14-17)16-28-24(31)22(15-23(30)26-19-10-3-2-4-11-19)29-21-13-6-5-12-20(21)27-25(28)29/h2-14,22H,15-16H2,1H3,(H,26,30). The van der Waals surface area contributed by atoms with Crippen LogP contribution in [-0.4, -0.2) is 21.4 Å². The molecule has 4 aromatic rings. The molecule has 0 fully saturated rings. The average Bonchev–Trinajstić information content (AvgIpc) is 3.25. The van der Waals surface area contributed by atoms with Crippen LogP contribution in [0, 0.1) is 6.92 Å². The van der Waals surface area contributed by atoms with Gasteiger partial charge in [-0.15, -0.1) is 0 Å². The van der Waals surface area contributed by atoms with Gasteiger partial charge in [-0.25, -0.2) is 4.98 Å². The largest absolute Gasteiger partial charge is 0.326 e. The van der Waals surface area contributed by atoms with Gasteiger partial charge in [-0.1, -0.05) is 60.2 Å². The Balaban J connectivity index is 1.49. The predicted octanol–water partition coefficient (Wildman–Crippen LogP) is 4.46. The number of benzene rings is 3. The first-order valence-electron chi connectivity index (χ1n) is 10.3. The number of carbonyl (C=O) groups excluding carboxylic acids is 2. The molecule has 3 aromatic carbocycles. The van der Waals surface area contributed by atoms with E-state index >= 15 is 0 Å². The zero-order valence-electron chi connectivity index (χ0n) is 17.2. The number of nitrogens with zero attached hydrogens (tertiary/aromatic N) is 3. The molecule has 0 aliphatic carbocycles. The number of rotatable bonds is 5. The number of aryl methyl sites for hydroxylation is 1. The fraction of sp³-hybridized carbons (Fsp3) is 0.160. The van der Waals surface area contributed by atoms with Gasteiger partial charge in [-0.05, 0) is 36.8 Å². The van der Waals surface area contributed by atoms with Gasteiger partial charge in [0.1, 0.15) is 6.04 Å². The minimum absolute atomic E-state index is 0.0470. The summed E-state index contributed by atoms with van der Waals surface area (Å²) >= 11 is 0. The molecule has 2 heterocycles. The van der Waals surface area contributed by atoms with E-state index in [9.17, 15) is 9.59 Å². The van der Waals surface area contributed by atoms with Crippen molar-refractivity contribution >= 4 is 34.5 Å². The van der Waals surface area contributed by atoms with Crippen LogP contribution in [0.2, 0.25) is 0 Å². The average molecular weight is 410 g/mol. The Morgan fingerprint density at radius 2 is 1.77 bits per heavy atom. The fourth-order valence-electron chi connectivity index (χ4n) is 4.15. The molecule has 0 saturated heterocycles. The normalized spacial score (nSPS) is 15.3. The molecule has 1 unspecified atom stereocenters. The van der Waals surface area contributed by atoms with Crippen LogP contribution in [-0.2, 0) is 16.1 Å². The SMILES string of the molecule is Cc1cccc(CN2C(=O)C(CC(=O)Nc3ccccc3)n3c2nc2ccccc23)c1. The van der Waals surface area contributed by atoms with Crippen LogP contribution in [0.25, 0.3) is 11.0 Å². The lowest BCUT2D eigenvalue weighted by Gasteiger charge is -2.16. The highest BCUT2D eigenvalue weighted by Crippen LogP contribution is 2.37. The lowest BCUT2D eigenvalue weighted by molar-refractivity contribution is -0.124. The number of para-hydroxylation sites is 3. The number of aromatic nitrogens is 2. The molecule has 1 aliphatic heterocycles. The Kier molecular flexibility index (Phi) is 4.75. The maximum absolute atomic E-state index is 13.4. The molecule has 31 heavy (non-hydrogen) atoms. The van der Waals surface area contributed by atoms with E-state index in [2.05, 4.69) is 11.4 Å². The topological polar surface area (TPSA) is 67.2 Å². The second kappa shape index (κ2) is 7.72. The van der Waals surface area contributed by atoms with Crippen molar-refractivity contribution in [2.75, 3.05) is 10.2 Å². The Morgan fingerprint density at radius 1 is 1.00 bits per heavy atom. The number of carbonyl (C=O) groups is 2. The summed E-state index contributed by atoms with van der Waals surface area (Å²) in [7, 11) is 0. The van der Waals surface area contributed by atoms with E-state index in [-0.39, 0.29) is 18.2 Å². The van der Waals surface area contributed by atoms with E-state index in [4.69, 9.17) is 4.98 Å². The molecule has 2 amide bonds. The summed E-state index contributed by atoms with van der Waals surface area (Å²) in [6.45, 7) is 2.45. The minimum Gasteiger partial charge on any atom is -0.326 e. The molecule has 0 bridgehead atoms. The number of nitrogens with one attached hydrogen (secondary N) is 1. The van der Waals surface area contributed by atoms with E-state index in [0.717, 1.165) is 22.2 Å². The van der Waals surface area contributed by atoms with E-state index in [1.54, 1.807) is 4.90 Å². The van der Waals surface area contributed by atoms with Crippen LogP contribution in [0.1, 0.15) is 23.6 Å². The lowest BCUT2D eigenvalue weighted by atomic mass is 10.1. The lowest BCUT2D eigenvalue weighted by Crippen LogP contribution is -2.31. The van der Waals surface area contributed by atoms with Crippen molar-refractivity contribution in [2.45, 2.75) is 25.9 Å². The van der Waals surface area contributed by atoms with Gasteiger partial charge in [0.25, 0.3) is 5.91 Å². The van der Waals surface area contributed by atoms with Crippen LogP contribution >= 0.6 is 0 Å². The third-order valence-electron chi connectivity index (χ3n) is 5.54. The number of hydrogen-bond acceptors (Lipinski definition) is 3. The van der Waals surface area contributed by atoms with Crippen molar-refractivity contribution in [3.8, 4) is 0 Å². The number of imidazole rings is 1. The first-order chi connectivity index (χ1) is 15.1. The summed E-state index contributed by atoms with van der Waals surface area (Å²) in [6, 6.07) is 24.4. The van der Waals surface area contributed by atoms with Gasteiger partial charge in [0.15, 0.2) is 0 Å². The van der Waals surface area contributed by atoms with E-state index in [1.807, 2.05) is 84.3 Å². The fourth-order valence-corrected chi connectivity index (χ4v) is 4.15. The summed E-state index contributed by atoms with van der Waals surface area (Å²) in [4.78, 5) is 32.6. The van der Waals surface area contributed by atoms with Crippen LogP contribution in [0.3, 0.4) is 0 Å². The molecule has 1 aliphatic rings. The molecule has 1 N–H and O–H groups in total. The van der Waals surface area contributed by atoms with Gasteiger partial charge in [-0.2, -0.15) is 0 Å². The monoisotopic (exact) mass is 410 g/mol. The molecule has 1 atom stereocenters. The zero-order chi connectivity index (χ0) is 21.4. The molecule has 6 nitrogen and oxygen atoms in total. The smallest absolute Gasteiger partial charge is 0.253 e. The number of amides is 2. The van der Waals surface area contributed by atoms with Gasteiger partial charge in [0.2, 0.25) is 11.9 Å². The Hall–Kier alpha value is -3.93. The van der Waals surface area contributed by atoms with Crippen LogP contribution < -0.4 is 10.2 Å². The first-order valence-corrected chi connectivity index (χ1v) is 10.3. The highest BCUT2D eigenvalue weighted by molar-refractivity contribution is 6.05. The highest BCUT2D eigenvalue weighted by atomic mass is 16.2. The summed E-state index contributed by atoms with van der Waals surface area (Å²) in [5, 5.41) is 2.89. The second-order valence-corrected chi connectivity index (χ2v) is 7.82. The minimum atomic E-state index is -0.629. The molecule has 0 spiro atoms. The van der Waals surface area contributed by atoms with Gasteiger partial charge in [0, 0.05) is 5.69 Å². The van der Waals surface area contributed by atoms with Crippen LogP contribution in [0.4, 0.5) is 11.6 Å². The highest BCUT2D eigenvalue weighted by Gasteiger charge is 2.40. The summed E-state index contributed by atoms with van der Waals surface area (Å²) in [6.07, 6.45) is 0.0470. The molecule has 154 valence electrons. The molecule has 0 saturated carbocycles. The quantitative estimate of drug-likeness (QED) is 0.528. The van der Waals surface area contributed by atoms with Crippen molar-refractivity contribution in [1.82, 2.24) is 9.55 Å². The third kappa shape index (κ3) is 3.57. The molecule has 5 rings (SSSR count). The van der Waals surface area contributed by atoms with Gasteiger partial charge >= 0.3 is 0 Å².